The third-order valence-corrected chi connectivity index (χ3v) is 0.833. The fraction of sp³-hybridized carbons (Fsp3) is 0. The van der Waals surface area contributed by atoms with Gasteiger partial charge in [-0.3, -0.25) is 0 Å². The molecule has 0 aromatic heterocycles. The molecule has 0 aromatic carbocycles. The van der Waals surface area contributed by atoms with Gasteiger partial charge >= 0.3 is 44.8 Å². The maximum absolute atomic E-state index is 8.93. The molecule has 0 rings (SSSR count). The van der Waals surface area contributed by atoms with E-state index in [4.69, 9.17) is 99.0 Å². The van der Waals surface area contributed by atoms with Gasteiger partial charge in [0, 0.05) is 0 Å². The molecule has 0 saturated carbocycles. The average molecular weight is 643 g/mol. The van der Waals surface area contributed by atoms with E-state index >= 15 is 0 Å². The number of hydrogen-bond donors (Lipinski definition) is 1. The van der Waals surface area contributed by atoms with E-state index in [0.717, 1.165) is 0 Å². The Balaban J connectivity index is -0.0000000386. The first kappa shape index (κ1) is 51.6. The van der Waals surface area contributed by atoms with Gasteiger partial charge < -0.3 is 105 Å². The van der Waals surface area contributed by atoms with Gasteiger partial charge in [0.25, 0.3) is 0 Å². The van der Waals surface area contributed by atoms with Crippen molar-refractivity contribution >= 4 is 59.7 Å². The fourth-order valence-electron chi connectivity index (χ4n) is 0. The third kappa shape index (κ3) is 73.8. The Bertz CT molecular complexity index is 514. The Morgan fingerprint density at radius 2 is 0.273 bits per heavy atom. The third-order valence-electron chi connectivity index (χ3n) is 0.833. The number of hydrogen-bond acceptors (Lipinski definition) is 21. The molecule has 23 heteroatoms. The van der Waals surface area contributed by atoms with E-state index in [9.17, 15) is 0 Å². The number of aliphatic carboxylic acids is 10. The van der Waals surface area contributed by atoms with Crippen molar-refractivity contribution < 1.29 is 144 Å². The maximum atomic E-state index is 8.93. The molecule has 3 N–H and O–H groups in total. The Morgan fingerprint density at radius 3 is 0.273 bits per heavy atom. The summed E-state index contributed by atoms with van der Waals surface area (Å²) in [5, 5.41) is 89.3. The van der Waals surface area contributed by atoms with E-state index in [1.165, 1.54) is 0 Å². The van der Waals surface area contributed by atoms with Gasteiger partial charge in [0.05, 0.1) is 59.7 Å². The Morgan fingerprint density at radius 1 is 0.242 bits per heavy atom. The molecule has 0 aliphatic carbocycles. The van der Waals surface area contributed by atoms with Crippen molar-refractivity contribution in [1.82, 2.24) is 6.15 Å². The fourth-order valence-corrected chi connectivity index (χ4v) is 0. The normalized spacial score (nSPS) is 6.67. The summed E-state index contributed by atoms with van der Waals surface area (Å²) in [5.74, 6) is -21.9. The van der Waals surface area contributed by atoms with Crippen LogP contribution in [-0.4, -0.2) is 59.7 Å². The summed E-state index contributed by atoms with van der Waals surface area (Å²) in [6.07, 6.45) is 0. The van der Waals surface area contributed by atoms with Crippen molar-refractivity contribution in [3.05, 3.63) is 0 Å². The van der Waals surface area contributed by atoms with Gasteiger partial charge in [0.2, 0.25) is 0 Å². The van der Waals surface area contributed by atoms with Crippen LogP contribution in [0.2, 0.25) is 0 Å². The largest absolute Gasteiger partial charge is 5.00 e. The smallest absolute Gasteiger partial charge is 0.543 e. The van der Waals surface area contributed by atoms with Gasteiger partial charge in [-0.1, -0.05) is 0 Å². The van der Waals surface area contributed by atoms with Crippen LogP contribution in [0.15, 0.2) is 0 Å². The molecule has 0 aliphatic heterocycles. The predicted molar refractivity (Wildman–Crippen MR) is 55.1 cm³/mol. The quantitative estimate of drug-likeness (QED) is 0.189. The molecule has 0 fully saturated rings. The van der Waals surface area contributed by atoms with E-state index in [2.05, 4.69) is 0 Å². The molecule has 21 nitrogen and oxygen atoms in total. The minimum atomic E-state index is -2.19. The molecule has 0 aromatic rings. The van der Waals surface area contributed by atoms with Crippen LogP contribution in [0.5, 0.6) is 0 Å². The summed E-state index contributed by atoms with van der Waals surface area (Å²) in [4.78, 5) is 89.3. The Labute approximate surface area is 209 Å². The molecule has 0 amide bonds. The van der Waals surface area contributed by atoms with Gasteiger partial charge in [-0.2, -0.15) is 0 Å². The van der Waals surface area contributed by atoms with Crippen LogP contribution in [0.25, 0.3) is 0 Å². The van der Waals surface area contributed by atoms with Crippen molar-refractivity contribution in [1.29, 1.82) is 0 Å². The minimum absolute atomic E-state index is 0. The summed E-state index contributed by atoms with van der Waals surface area (Å²) < 4.78 is 0. The molecular weight excluding hydrogens is 640 g/mol. The second kappa shape index (κ2) is 30.3. The molecular formula is C10H3NNb2O20. The summed E-state index contributed by atoms with van der Waals surface area (Å²) >= 11 is 0. The number of carboxylic acid groups (broad SMARTS) is 10. The summed E-state index contributed by atoms with van der Waals surface area (Å²) in [5.41, 5.74) is 0. The van der Waals surface area contributed by atoms with Crippen LogP contribution in [0.4, 0.5) is 0 Å². The van der Waals surface area contributed by atoms with E-state index in [0.29, 0.717) is 0 Å². The monoisotopic (exact) mass is 643 g/mol. The number of carbonyl (C=O) groups excluding carboxylic acids is 10. The first-order chi connectivity index (χ1) is 13.2. The molecule has 0 aliphatic rings. The Kier molecular flexibility index (Phi) is 47.5. The van der Waals surface area contributed by atoms with Crippen molar-refractivity contribution in [3.63, 3.8) is 0 Å². The van der Waals surface area contributed by atoms with Gasteiger partial charge in [0.15, 0.2) is 0 Å². The second-order valence-corrected chi connectivity index (χ2v) is 2.87. The zero-order chi connectivity index (χ0) is 25.8. The topological polar surface area (TPSA) is 436 Å². The zero-order valence-electron chi connectivity index (χ0n) is 14.8. The summed E-state index contributed by atoms with van der Waals surface area (Å²) in [6, 6.07) is 0. The van der Waals surface area contributed by atoms with Gasteiger partial charge in [-0.05, 0) is 0 Å². The first-order valence-corrected chi connectivity index (χ1v) is 5.33. The van der Waals surface area contributed by atoms with E-state index < -0.39 is 59.7 Å². The van der Waals surface area contributed by atoms with Crippen molar-refractivity contribution in [2.75, 3.05) is 0 Å². The van der Waals surface area contributed by atoms with Gasteiger partial charge in [0.1, 0.15) is 0 Å². The Hall–Kier alpha value is -3.86. The van der Waals surface area contributed by atoms with Gasteiger partial charge in [-0.25, -0.2) is 0 Å². The van der Waals surface area contributed by atoms with E-state index in [1.807, 2.05) is 0 Å². The molecule has 0 saturated heterocycles. The zero-order valence-corrected chi connectivity index (χ0v) is 19.2. The SMILES string of the molecule is N.O=C([O-])C(=O)[O-].O=C([O-])C(=O)[O-].O=C([O-])C(=O)[O-].O=C([O-])C(=O)[O-].O=C([O-])C(=O)[O-].[Nb+5].[Nb+5]. The molecule has 0 spiro atoms. The molecule has 178 valence electrons. The predicted octanol–water partition coefficient (Wildman–Crippen LogP) is -17.4. The number of carbonyl (C=O) groups is 10. The van der Waals surface area contributed by atoms with Crippen molar-refractivity contribution in [2.45, 2.75) is 0 Å². The number of carboxylic acids is 10. The number of rotatable bonds is 0. The molecule has 0 bridgehead atoms. The summed E-state index contributed by atoms with van der Waals surface area (Å²) in [6.45, 7) is 0. The van der Waals surface area contributed by atoms with Crippen molar-refractivity contribution in [2.24, 2.45) is 0 Å². The van der Waals surface area contributed by atoms with E-state index in [-0.39, 0.29) is 50.9 Å². The summed E-state index contributed by atoms with van der Waals surface area (Å²) in [7, 11) is 0. The molecule has 0 radical (unpaired) electrons. The van der Waals surface area contributed by atoms with Crippen molar-refractivity contribution in [3.8, 4) is 0 Å². The van der Waals surface area contributed by atoms with Gasteiger partial charge in [-0.15, -0.1) is 0 Å². The molecule has 0 atom stereocenters. The standard InChI is InChI=1S/5C2H2O4.H3N.2Nb/c5*3-1(4)2(5)6;;;/h5*(H,3,4)(H,5,6);1H3;;/q;;;;;;2*+5/p-10. The van der Waals surface area contributed by atoms with Crippen LogP contribution in [0.1, 0.15) is 0 Å². The molecule has 0 heterocycles. The minimum Gasteiger partial charge on any atom is -0.543 e. The van der Waals surface area contributed by atoms with Crippen LogP contribution in [-0.2, 0) is 92.7 Å². The maximum Gasteiger partial charge on any atom is 5.00 e. The van der Waals surface area contributed by atoms with Crippen LogP contribution in [0, 0.1) is 0 Å². The van der Waals surface area contributed by atoms with Crippen LogP contribution < -0.4 is 57.2 Å². The van der Waals surface area contributed by atoms with Crippen LogP contribution in [0.3, 0.4) is 0 Å². The second-order valence-electron chi connectivity index (χ2n) is 2.87. The average Bonchev–Trinajstić information content (AvgIpc) is 2.56. The molecule has 33 heavy (non-hydrogen) atoms. The first-order valence-electron chi connectivity index (χ1n) is 5.33. The van der Waals surface area contributed by atoms with E-state index in [1.54, 1.807) is 0 Å². The molecule has 0 unspecified atom stereocenters. The van der Waals surface area contributed by atoms with Crippen LogP contribution >= 0.6 is 0 Å².